The van der Waals surface area contributed by atoms with Gasteiger partial charge in [0, 0.05) is 43.5 Å². The fourth-order valence-corrected chi connectivity index (χ4v) is 4.99. The Hall–Kier alpha value is -4.13. The van der Waals surface area contributed by atoms with Crippen LogP contribution in [0.1, 0.15) is 38.3 Å². The highest BCUT2D eigenvalue weighted by Gasteiger charge is 2.56. The molecule has 0 bridgehead atoms. The molecule has 2 aliphatic rings. The Morgan fingerprint density at radius 2 is 2.08 bits per heavy atom. The number of aryl methyl sites for hydroxylation is 1. The van der Waals surface area contributed by atoms with Gasteiger partial charge in [0.1, 0.15) is 11.1 Å². The van der Waals surface area contributed by atoms with Crippen molar-refractivity contribution in [1.82, 2.24) is 14.8 Å². The van der Waals surface area contributed by atoms with E-state index in [9.17, 15) is 23.6 Å². The molecule has 10 heteroatoms. The molecule has 2 aromatic heterocycles. The highest BCUT2D eigenvalue weighted by molar-refractivity contribution is 6.03. The third-order valence-corrected chi connectivity index (χ3v) is 6.84. The summed E-state index contributed by atoms with van der Waals surface area (Å²) in [4.78, 5) is 31.0. The van der Waals surface area contributed by atoms with E-state index in [0.29, 0.717) is 28.8 Å². The molecule has 184 valence electrons. The van der Waals surface area contributed by atoms with E-state index in [1.54, 1.807) is 48.4 Å². The molecule has 1 N–H and O–H groups in total. The average molecular weight is 491 g/mol. The number of pyridine rings is 1. The monoisotopic (exact) mass is 490 g/mol. The average Bonchev–Trinajstić information content (AvgIpc) is 3.52. The predicted molar refractivity (Wildman–Crippen MR) is 129 cm³/mol. The number of nitriles is 1. The first kappa shape index (κ1) is 23.6. The highest BCUT2D eigenvalue weighted by Crippen LogP contribution is 2.52. The van der Waals surface area contributed by atoms with Crippen LogP contribution in [0.25, 0.3) is 22.4 Å². The fourth-order valence-electron chi connectivity index (χ4n) is 4.99. The summed E-state index contributed by atoms with van der Waals surface area (Å²) >= 11 is 0. The van der Waals surface area contributed by atoms with E-state index in [-0.39, 0.29) is 35.7 Å². The van der Waals surface area contributed by atoms with Crippen molar-refractivity contribution in [2.75, 3.05) is 16.8 Å². The number of carbonyl (C=O) groups excluding carboxylic acids is 2. The lowest BCUT2D eigenvalue weighted by Crippen LogP contribution is -2.35. The molecule has 1 aliphatic heterocycles. The molecule has 3 aromatic rings. The van der Waals surface area contributed by atoms with E-state index >= 15 is 0 Å². The van der Waals surface area contributed by atoms with Gasteiger partial charge in [-0.3, -0.25) is 14.3 Å². The lowest BCUT2D eigenvalue weighted by Gasteiger charge is -2.22. The van der Waals surface area contributed by atoms with Gasteiger partial charge in [-0.1, -0.05) is 12.1 Å². The van der Waals surface area contributed by atoms with Crippen LogP contribution in [0.15, 0.2) is 42.7 Å². The number of carbonyl (C=O) groups is 2. The van der Waals surface area contributed by atoms with Crippen LogP contribution in [0.4, 0.5) is 20.2 Å². The van der Waals surface area contributed by atoms with E-state index in [1.807, 2.05) is 0 Å². The predicted octanol–water partition coefficient (Wildman–Crippen LogP) is 4.70. The number of hydrogen-bond donors (Lipinski definition) is 1. The molecule has 0 radical (unpaired) electrons. The molecule has 0 unspecified atom stereocenters. The third-order valence-electron chi connectivity index (χ3n) is 6.84. The van der Waals surface area contributed by atoms with Crippen molar-refractivity contribution in [2.24, 2.45) is 18.4 Å². The molecule has 36 heavy (non-hydrogen) atoms. The van der Waals surface area contributed by atoms with Gasteiger partial charge in [0.2, 0.25) is 11.8 Å². The number of anilines is 2. The standard InChI is InChI=1S/C26H24F2N6O2/c1-15(35)31-20-5-3-4-19(16-12-30-33(2)13-16)23(20)21-10-18(11-22(32-21)24(27)28)34-9-8-26(14-29,25(34)36)17-6-7-17/h3-5,10-13,17,24H,6-9H2,1-2H3,(H,31,35)/t26-/m1/s1. The zero-order valence-electron chi connectivity index (χ0n) is 19.8. The van der Waals surface area contributed by atoms with Crippen molar-refractivity contribution in [3.8, 4) is 28.5 Å². The Morgan fingerprint density at radius 1 is 1.31 bits per heavy atom. The van der Waals surface area contributed by atoms with E-state index in [4.69, 9.17) is 0 Å². The van der Waals surface area contributed by atoms with Crippen molar-refractivity contribution < 1.29 is 18.4 Å². The Labute approximate surface area is 206 Å². The van der Waals surface area contributed by atoms with Crippen LogP contribution in [0.3, 0.4) is 0 Å². The molecule has 1 atom stereocenters. The van der Waals surface area contributed by atoms with Crippen molar-refractivity contribution >= 4 is 23.2 Å². The molecule has 0 spiro atoms. The van der Waals surface area contributed by atoms with Gasteiger partial charge in [-0.2, -0.15) is 10.4 Å². The van der Waals surface area contributed by atoms with Crippen LogP contribution in [-0.4, -0.2) is 33.1 Å². The second kappa shape index (κ2) is 8.82. The van der Waals surface area contributed by atoms with Crippen LogP contribution in [-0.2, 0) is 16.6 Å². The normalized spacial score (nSPS) is 19.6. The lowest BCUT2D eigenvalue weighted by molar-refractivity contribution is -0.123. The lowest BCUT2D eigenvalue weighted by atomic mass is 9.83. The zero-order valence-corrected chi connectivity index (χ0v) is 19.8. The first-order valence-corrected chi connectivity index (χ1v) is 11.7. The van der Waals surface area contributed by atoms with E-state index in [0.717, 1.165) is 12.8 Å². The quantitative estimate of drug-likeness (QED) is 0.539. The number of amides is 2. The Morgan fingerprint density at radius 3 is 2.69 bits per heavy atom. The summed E-state index contributed by atoms with van der Waals surface area (Å²) < 4.78 is 29.7. The minimum absolute atomic E-state index is 0.00792. The van der Waals surface area contributed by atoms with Crippen molar-refractivity contribution in [3.05, 3.63) is 48.4 Å². The van der Waals surface area contributed by atoms with Crippen LogP contribution in [0.5, 0.6) is 0 Å². The second-order valence-electron chi connectivity index (χ2n) is 9.31. The summed E-state index contributed by atoms with van der Waals surface area (Å²) in [5, 5.41) is 16.8. The zero-order chi connectivity index (χ0) is 25.6. The highest BCUT2D eigenvalue weighted by atomic mass is 19.3. The summed E-state index contributed by atoms with van der Waals surface area (Å²) in [7, 11) is 1.76. The molecule has 5 rings (SSSR count). The number of nitrogens with zero attached hydrogens (tertiary/aromatic N) is 5. The molecule has 3 heterocycles. The molecule has 2 amide bonds. The van der Waals surface area contributed by atoms with Crippen LogP contribution in [0, 0.1) is 22.7 Å². The second-order valence-corrected chi connectivity index (χ2v) is 9.31. The Kier molecular flexibility index (Phi) is 5.79. The number of benzene rings is 1. The number of nitrogens with one attached hydrogen (secondary N) is 1. The third kappa shape index (κ3) is 4.00. The topological polar surface area (TPSA) is 104 Å². The number of rotatable bonds is 6. The van der Waals surface area contributed by atoms with Crippen LogP contribution >= 0.6 is 0 Å². The SMILES string of the molecule is CC(=O)Nc1cccc(-c2cnn(C)c2)c1-c1cc(N2CC[C@@](C#N)(C3CC3)C2=O)cc(C(F)F)n1. The molecular formula is C26H24F2N6O2. The summed E-state index contributed by atoms with van der Waals surface area (Å²) in [5.41, 5.74) is 1.01. The number of alkyl halides is 2. The minimum atomic E-state index is -2.89. The van der Waals surface area contributed by atoms with Gasteiger partial charge in [0.25, 0.3) is 6.43 Å². The number of halogens is 2. The first-order chi connectivity index (χ1) is 17.2. The van der Waals surface area contributed by atoms with E-state index < -0.39 is 17.5 Å². The van der Waals surface area contributed by atoms with Gasteiger partial charge in [-0.15, -0.1) is 0 Å². The fraction of sp³-hybridized carbons (Fsp3) is 0.346. The summed E-state index contributed by atoms with van der Waals surface area (Å²) in [5.74, 6) is -0.677. The maximum absolute atomic E-state index is 14.0. The molecule has 8 nitrogen and oxygen atoms in total. The summed E-state index contributed by atoms with van der Waals surface area (Å²) in [6.45, 7) is 1.62. The van der Waals surface area contributed by atoms with Gasteiger partial charge >= 0.3 is 0 Å². The van der Waals surface area contributed by atoms with E-state index in [1.165, 1.54) is 17.9 Å². The minimum Gasteiger partial charge on any atom is -0.326 e. The maximum atomic E-state index is 14.0. The number of aromatic nitrogens is 3. The molecule has 1 aliphatic carbocycles. The smallest absolute Gasteiger partial charge is 0.280 e. The van der Waals surface area contributed by atoms with Crippen LogP contribution in [0.2, 0.25) is 0 Å². The summed E-state index contributed by atoms with van der Waals surface area (Å²) in [6.07, 6.45) is 2.51. The first-order valence-electron chi connectivity index (χ1n) is 11.7. The van der Waals surface area contributed by atoms with Crippen molar-refractivity contribution in [1.29, 1.82) is 5.26 Å². The van der Waals surface area contributed by atoms with Gasteiger partial charge in [-0.05, 0) is 48.9 Å². The van der Waals surface area contributed by atoms with Crippen molar-refractivity contribution in [3.63, 3.8) is 0 Å². The summed E-state index contributed by atoms with van der Waals surface area (Å²) in [6, 6.07) is 10.2. The molecule has 1 saturated heterocycles. The Balaban J connectivity index is 1.68. The largest absolute Gasteiger partial charge is 0.326 e. The van der Waals surface area contributed by atoms with E-state index in [2.05, 4.69) is 21.5 Å². The van der Waals surface area contributed by atoms with Gasteiger partial charge in [0.15, 0.2) is 0 Å². The number of hydrogen-bond acceptors (Lipinski definition) is 5. The molecule has 1 aromatic carbocycles. The van der Waals surface area contributed by atoms with Gasteiger partial charge in [0.05, 0.1) is 23.6 Å². The maximum Gasteiger partial charge on any atom is 0.280 e. The van der Waals surface area contributed by atoms with Gasteiger partial charge < -0.3 is 10.2 Å². The molecule has 2 fully saturated rings. The molecule has 1 saturated carbocycles. The van der Waals surface area contributed by atoms with Crippen molar-refractivity contribution in [2.45, 2.75) is 32.6 Å². The van der Waals surface area contributed by atoms with Crippen LogP contribution < -0.4 is 10.2 Å². The Bertz CT molecular complexity index is 1410. The molecular weight excluding hydrogens is 466 g/mol. The van der Waals surface area contributed by atoms with Gasteiger partial charge in [-0.25, -0.2) is 13.8 Å².